The normalized spacial score (nSPS) is 16.0. The molecule has 0 radical (unpaired) electrons. The van der Waals surface area contributed by atoms with Crippen molar-refractivity contribution >= 4 is 27.8 Å². The Morgan fingerprint density at radius 2 is 1.88 bits per heavy atom. The zero-order chi connectivity index (χ0) is 17.1. The maximum absolute atomic E-state index is 12.6. The van der Waals surface area contributed by atoms with Crippen LogP contribution < -0.4 is 5.32 Å². The Morgan fingerprint density at radius 3 is 2.50 bits per heavy atom. The van der Waals surface area contributed by atoms with Crippen LogP contribution in [-0.4, -0.2) is 26.8 Å². The van der Waals surface area contributed by atoms with E-state index >= 15 is 0 Å². The van der Waals surface area contributed by atoms with Crippen LogP contribution in [0.15, 0.2) is 41.0 Å². The lowest BCUT2D eigenvalue weighted by molar-refractivity contribution is -0.139. The van der Waals surface area contributed by atoms with E-state index in [0.29, 0.717) is 11.3 Å². The number of nitrogens with one attached hydrogen (secondary N) is 1. The van der Waals surface area contributed by atoms with Crippen molar-refractivity contribution in [3.8, 4) is 0 Å². The lowest BCUT2D eigenvalue weighted by Gasteiger charge is -2.17. The topological polar surface area (TPSA) is 84.2 Å². The van der Waals surface area contributed by atoms with E-state index in [4.69, 9.17) is 0 Å². The van der Waals surface area contributed by atoms with Crippen molar-refractivity contribution in [3.05, 3.63) is 52.3 Å². The quantitative estimate of drug-likeness (QED) is 0.818. The van der Waals surface area contributed by atoms with Crippen LogP contribution in [0.3, 0.4) is 0 Å². The van der Waals surface area contributed by atoms with Crippen molar-refractivity contribution in [1.29, 1.82) is 0 Å². The van der Waals surface area contributed by atoms with Gasteiger partial charge in [0.2, 0.25) is 0 Å². The molecule has 1 heterocycles. The Morgan fingerprint density at radius 1 is 1.21 bits per heavy atom. The Hall–Kier alpha value is -2.15. The highest BCUT2D eigenvalue weighted by Crippen LogP contribution is 2.30. The monoisotopic (exact) mass is 391 g/mol. The molecule has 7 heteroatoms. The number of carbonyl (C=O) groups is 2. The Labute approximate surface area is 148 Å². The average molecular weight is 392 g/mol. The van der Waals surface area contributed by atoms with Crippen LogP contribution in [0.2, 0.25) is 0 Å². The molecular formula is C17H18BrN3O3. The van der Waals surface area contributed by atoms with E-state index in [1.165, 1.54) is 0 Å². The molecule has 24 heavy (non-hydrogen) atoms. The van der Waals surface area contributed by atoms with Crippen molar-refractivity contribution in [1.82, 2.24) is 15.1 Å². The summed E-state index contributed by atoms with van der Waals surface area (Å²) in [5.41, 5.74) is 0.927. The molecule has 3 rings (SSSR count). The molecule has 126 valence electrons. The number of carboxylic acids is 1. The number of nitrogens with zero attached hydrogens (tertiary/aromatic N) is 2. The summed E-state index contributed by atoms with van der Waals surface area (Å²) in [7, 11) is 0. The molecule has 1 aliphatic carbocycles. The van der Waals surface area contributed by atoms with Gasteiger partial charge in [0.05, 0.1) is 6.04 Å². The third-order valence-electron chi connectivity index (χ3n) is 4.30. The summed E-state index contributed by atoms with van der Waals surface area (Å²) in [4.78, 5) is 24.2. The van der Waals surface area contributed by atoms with E-state index in [1.807, 2.05) is 0 Å². The van der Waals surface area contributed by atoms with Gasteiger partial charge in [-0.3, -0.25) is 9.48 Å². The standard InChI is InChI=1S/C17H18BrN3O3/c18-12-7-5-11(6-8-12)15(17(23)24)20-16(22)14-9-10-19-21(14)13-3-1-2-4-13/h5-10,13,15H,1-4H2,(H,20,22)(H,23,24). The molecule has 0 saturated heterocycles. The van der Waals surface area contributed by atoms with Gasteiger partial charge in [0.25, 0.3) is 5.91 Å². The van der Waals surface area contributed by atoms with Gasteiger partial charge in [-0.2, -0.15) is 5.10 Å². The maximum Gasteiger partial charge on any atom is 0.330 e. The van der Waals surface area contributed by atoms with Gasteiger partial charge in [-0.1, -0.05) is 40.9 Å². The number of amides is 1. The highest BCUT2D eigenvalue weighted by atomic mass is 79.9. The van der Waals surface area contributed by atoms with Crippen LogP contribution >= 0.6 is 15.9 Å². The van der Waals surface area contributed by atoms with E-state index in [0.717, 1.165) is 30.2 Å². The number of rotatable bonds is 5. The smallest absolute Gasteiger partial charge is 0.330 e. The van der Waals surface area contributed by atoms with Gasteiger partial charge < -0.3 is 10.4 Å². The van der Waals surface area contributed by atoms with Crippen LogP contribution in [0.25, 0.3) is 0 Å². The van der Waals surface area contributed by atoms with E-state index < -0.39 is 17.9 Å². The average Bonchev–Trinajstić information content (AvgIpc) is 3.23. The number of hydrogen-bond donors (Lipinski definition) is 2. The molecule has 1 atom stereocenters. The van der Waals surface area contributed by atoms with Crippen LogP contribution in [0.4, 0.5) is 0 Å². The van der Waals surface area contributed by atoms with Gasteiger partial charge >= 0.3 is 5.97 Å². The first kappa shape index (κ1) is 16.7. The van der Waals surface area contributed by atoms with E-state index in [2.05, 4.69) is 26.3 Å². The first-order valence-corrected chi connectivity index (χ1v) is 8.68. The molecule has 6 nitrogen and oxygen atoms in total. The fraction of sp³-hybridized carbons (Fsp3) is 0.353. The molecule has 0 spiro atoms. The Bertz CT molecular complexity index is 736. The van der Waals surface area contributed by atoms with Crippen molar-refractivity contribution in [2.24, 2.45) is 0 Å². The molecule has 0 bridgehead atoms. The van der Waals surface area contributed by atoms with Crippen molar-refractivity contribution in [3.63, 3.8) is 0 Å². The number of halogens is 1. The van der Waals surface area contributed by atoms with Gasteiger partial charge in [0.15, 0.2) is 6.04 Å². The predicted octanol–water partition coefficient (Wildman–Crippen LogP) is 3.32. The van der Waals surface area contributed by atoms with E-state index in [9.17, 15) is 14.7 Å². The minimum Gasteiger partial charge on any atom is -0.479 e. The van der Waals surface area contributed by atoms with Crippen LogP contribution in [-0.2, 0) is 4.79 Å². The van der Waals surface area contributed by atoms with Crippen molar-refractivity contribution < 1.29 is 14.7 Å². The maximum atomic E-state index is 12.6. The third kappa shape index (κ3) is 3.51. The number of aromatic nitrogens is 2. The van der Waals surface area contributed by atoms with Gasteiger partial charge in [0.1, 0.15) is 5.69 Å². The second-order valence-corrected chi connectivity index (χ2v) is 6.81. The van der Waals surface area contributed by atoms with Gasteiger partial charge in [-0.05, 0) is 36.6 Å². The molecule has 1 aliphatic rings. The summed E-state index contributed by atoms with van der Waals surface area (Å²) in [6.45, 7) is 0. The Kier molecular flexibility index (Phi) is 4.99. The van der Waals surface area contributed by atoms with E-state index in [1.54, 1.807) is 41.2 Å². The number of carboxylic acid groups (broad SMARTS) is 1. The number of aliphatic carboxylic acids is 1. The van der Waals surface area contributed by atoms with Crippen molar-refractivity contribution in [2.45, 2.75) is 37.8 Å². The van der Waals surface area contributed by atoms with Crippen LogP contribution in [0, 0.1) is 0 Å². The highest BCUT2D eigenvalue weighted by molar-refractivity contribution is 9.10. The second kappa shape index (κ2) is 7.17. The molecular weight excluding hydrogens is 374 g/mol. The lowest BCUT2D eigenvalue weighted by atomic mass is 10.1. The summed E-state index contributed by atoms with van der Waals surface area (Å²) in [5.74, 6) is -1.52. The minimum absolute atomic E-state index is 0.219. The van der Waals surface area contributed by atoms with Gasteiger partial charge in [-0.15, -0.1) is 0 Å². The number of carbonyl (C=O) groups excluding carboxylic acids is 1. The largest absolute Gasteiger partial charge is 0.479 e. The van der Waals surface area contributed by atoms with Crippen LogP contribution in [0.5, 0.6) is 0 Å². The minimum atomic E-state index is -1.10. The first-order valence-electron chi connectivity index (χ1n) is 7.89. The SMILES string of the molecule is O=C(NC(C(=O)O)c1ccc(Br)cc1)c1ccnn1C1CCCC1. The molecule has 1 aromatic heterocycles. The molecule has 1 unspecified atom stereocenters. The third-order valence-corrected chi connectivity index (χ3v) is 4.83. The summed E-state index contributed by atoms with van der Waals surface area (Å²) in [6.07, 6.45) is 5.83. The first-order chi connectivity index (χ1) is 11.6. The molecule has 2 N–H and O–H groups in total. The molecule has 0 aliphatic heterocycles. The number of hydrogen-bond acceptors (Lipinski definition) is 3. The number of benzene rings is 1. The molecule has 1 fully saturated rings. The van der Waals surface area contributed by atoms with Crippen molar-refractivity contribution in [2.75, 3.05) is 0 Å². The second-order valence-electron chi connectivity index (χ2n) is 5.90. The zero-order valence-electron chi connectivity index (χ0n) is 13.0. The van der Waals surface area contributed by atoms with Gasteiger partial charge in [0, 0.05) is 10.7 Å². The lowest BCUT2D eigenvalue weighted by Crippen LogP contribution is -2.35. The summed E-state index contributed by atoms with van der Waals surface area (Å²) >= 11 is 3.31. The van der Waals surface area contributed by atoms with E-state index in [-0.39, 0.29) is 6.04 Å². The molecule has 1 amide bonds. The molecule has 2 aromatic rings. The van der Waals surface area contributed by atoms with Gasteiger partial charge in [-0.25, -0.2) is 4.79 Å². The Balaban J connectivity index is 1.80. The molecule has 1 aromatic carbocycles. The van der Waals surface area contributed by atoms with Crippen LogP contribution in [0.1, 0.15) is 53.8 Å². The summed E-state index contributed by atoms with van der Waals surface area (Å²) in [6, 6.07) is 7.61. The molecule has 1 saturated carbocycles. The fourth-order valence-corrected chi connectivity index (χ4v) is 3.35. The predicted molar refractivity (Wildman–Crippen MR) is 91.7 cm³/mol. The summed E-state index contributed by atoms with van der Waals surface area (Å²) < 4.78 is 2.57. The fourth-order valence-electron chi connectivity index (χ4n) is 3.08. The zero-order valence-corrected chi connectivity index (χ0v) is 14.6. The highest BCUT2D eigenvalue weighted by Gasteiger charge is 2.27. The summed E-state index contributed by atoms with van der Waals surface area (Å²) in [5, 5.41) is 16.3.